The second kappa shape index (κ2) is 9.13. The van der Waals surface area contributed by atoms with Crippen LogP contribution in [0.3, 0.4) is 0 Å². The summed E-state index contributed by atoms with van der Waals surface area (Å²) in [6.45, 7) is 3.19. The third kappa shape index (κ3) is 4.95. The van der Waals surface area contributed by atoms with E-state index in [-0.39, 0.29) is 5.91 Å². The Hall–Kier alpha value is -2.21. The first kappa shape index (κ1) is 19.5. The second-order valence-electron chi connectivity index (χ2n) is 6.54. The van der Waals surface area contributed by atoms with Gasteiger partial charge in [0.15, 0.2) is 0 Å². The first-order valence-corrected chi connectivity index (χ1v) is 9.89. The summed E-state index contributed by atoms with van der Waals surface area (Å²) in [5, 5.41) is 0. The highest BCUT2D eigenvalue weighted by molar-refractivity contribution is 9.10. The van der Waals surface area contributed by atoms with Crippen molar-refractivity contribution in [1.29, 1.82) is 0 Å². The summed E-state index contributed by atoms with van der Waals surface area (Å²) in [6, 6.07) is 14.0. The number of aryl methyl sites for hydroxylation is 1. The van der Waals surface area contributed by atoms with Gasteiger partial charge in [0, 0.05) is 44.4 Å². The van der Waals surface area contributed by atoms with Crippen LogP contribution in [0.25, 0.3) is 0 Å². The minimum atomic E-state index is 0.215. The van der Waals surface area contributed by atoms with E-state index in [1.165, 1.54) is 0 Å². The minimum absolute atomic E-state index is 0.215. The number of anilines is 1. The van der Waals surface area contributed by atoms with Crippen molar-refractivity contribution in [2.45, 2.75) is 12.8 Å². The van der Waals surface area contributed by atoms with E-state index in [4.69, 9.17) is 9.47 Å². The predicted molar refractivity (Wildman–Crippen MR) is 111 cm³/mol. The molecule has 0 saturated carbocycles. The lowest BCUT2D eigenvalue weighted by molar-refractivity contribution is -0.131. The summed E-state index contributed by atoms with van der Waals surface area (Å²) >= 11 is 3.50. The highest BCUT2D eigenvalue weighted by Crippen LogP contribution is 2.26. The van der Waals surface area contributed by atoms with Gasteiger partial charge < -0.3 is 19.3 Å². The normalized spacial score (nSPS) is 14.2. The standard InChI is InChI=1S/C21H25BrN2O3/c1-26-18-5-3-4-17(15-18)23-10-12-24(13-11-23)21(25)9-7-16-6-8-20(27-2)19(22)14-16/h3-6,8,14-15H,7,9-13H2,1-2H3. The third-order valence-corrected chi connectivity index (χ3v) is 5.51. The Morgan fingerprint density at radius 1 is 1.04 bits per heavy atom. The Kier molecular flexibility index (Phi) is 6.61. The fourth-order valence-corrected chi connectivity index (χ4v) is 3.88. The summed E-state index contributed by atoms with van der Waals surface area (Å²) in [6.07, 6.45) is 1.26. The zero-order valence-corrected chi connectivity index (χ0v) is 17.4. The van der Waals surface area contributed by atoms with E-state index in [1.807, 2.05) is 41.3 Å². The quantitative estimate of drug-likeness (QED) is 0.696. The number of hydrogen-bond acceptors (Lipinski definition) is 4. The maximum Gasteiger partial charge on any atom is 0.223 e. The first-order chi connectivity index (χ1) is 13.1. The molecule has 1 saturated heterocycles. The Morgan fingerprint density at radius 2 is 1.81 bits per heavy atom. The van der Waals surface area contributed by atoms with Crippen LogP contribution in [0.2, 0.25) is 0 Å². The van der Waals surface area contributed by atoms with Gasteiger partial charge in [-0.05, 0) is 52.2 Å². The molecule has 27 heavy (non-hydrogen) atoms. The lowest BCUT2D eigenvalue weighted by Crippen LogP contribution is -2.48. The zero-order chi connectivity index (χ0) is 19.2. The molecule has 6 heteroatoms. The highest BCUT2D eigenvalue weighted by atomic mass is 79.9. The maximum atomic E-state index is 12.6. The number of ether oxygens (including phenoxy) is 2. The van der Waals surface area contributed by atoms with Gasteiger partial charge in [-0.3, -0.25) is 4.79 Å². The summed E-state index contributed by atoms with van der Waals surface area (Å²) in [5.41, 5.74) is 2.27. The Morgan fingerprint density at radius 3 is 2.48 bits per heavy atom. The molecule has 1 aliphatic heterocycles. The van der Waals surface area contributed by atoms with Crippen LogP contribution < -0.4 is 14.4 Å². The van der Waals surface area contributed by atoms with Crippen molar-refractivity contribution in [2.75, 3.05) is 45.3 Å². The largest absolute Gasteiger partial charge is 0.497 e. The van der Waals surface area contributed by atoms with Crippen LogP contribution >= 0.6 is 15.9 Å². The van der Waals surface area contributed by atoms with Crippen LogP contribution in [0.5, 0.6) is 11.5 Å². The lowest BCUT2D eigenvalue weighted by atomic mass is 10.1. The SMILES string of the molecule is COc1cccc(N2CCN(C(=O)CCc3ccc(OC)c(Br)c3)CC2)c1. The van der Waals surface area contributed by atoms with E-state index in [9.17, 15) is 4.79 Å². The van der Waals surface area contributed by atoms with E-state index >= 15 is 0 Å². The van der Waals surface area contributed by atoms with Crippen molar-refractivity contribution < 1.29 is 14.3 Å². The predicted octanol–water partition coefficient (Wildman–Crippen LogP) is 3.75. The number of rotatable bonds is 6. The number of hydrogen-bond donors (Lipinski definition) is 0. The van der Waals surface area contributed by atoms with Crippen LogP contribution in [0.15, 0.2) is 46.9 Å². The molecule has 0 spiro atoms. The molecule has 5 nitrogen and oxygen atoms in total. The van der Waals surface area contributed by atoms with Gasteiger partial charge in [0.2, 0.25) is 5.91 Å². The van der Waals surface area contributed by atoms with E-state index in [1.54, 1.807) is 14.2 Å². The third-order valence-electron chi connectivity index (χ3n) is 4.89. The Balaban J connectivity index is 1.50. The number of carbonyl (C=O) groups is 1. The average molecular weight is 433 g/mol. The molecule has 3 rings (SSSR count). The van der Waals surface area contributed by atoms with Crippen molar-refractivity contribution in [2.24, 2.45) is 0 Å². The van der Waals surface area contributed by atoms with Gasteiger partial charge in [-0.15, -0.1) is 0 Å². The van der Waals surface area contributed by atoms with E-state index in [0.29, 0.717) is 6.42 Å². The number of carbonyl (C=O) groups excluding carboxylic acids is 1. The summed E-state index contributed by atoms with van der Waals surface area (Å²) in [5.74, 6) is 1.88. The molecule has 0 aromatic heterocycles. The molecule has 0 radical (unpaired) electrons. The molecular formula is C21H25BrN2O3. The molecular weight excluding hydrogens is 408 g/mol. The Bertz CT molecular complexity index is 789. The van der Waals surface area contributed by atoms with Gasteiger partial charge >= 0.3 is 0 Å². The Labute approximate surface area is 169 Å². The molecule has 0 bridgehead atoms. The molecule has 0 aliphatic carbocycles. The van der Waals surface area contributed by atoms with Crippen molar-refractivity contribution in [3.05, 3.63) is 52.5 Å². The fourth-order valence-electron chi connectivity index (χ4n) is 3.30. The van der Waals surface area contributed by atoms with Gasteiger partial charge in [0.1, 0.15) is 11.5 Å². The van der Waals surface area contributed by atoms with Gasteiger partial charge in [0.05, 0.1) is 18.7 Å². The van der Waals surface area contributed by atoms with Crippen LogP contribution in [-0.4, -0.2) is 51.2 Å². The first-order valence-electron chi connectivity index (χ1n) is 9.10. The molecule has 1 amide bonds. The van der Waals surface area contributed by atoms with E-state index < -0.39 is 0 Å². The smallest absolute Gasteiger partial charge is 0.223 e. The average Bonchev–Trinajstić information content (AvgIpc) is 2.72. The topological polar surface area (TPSA) is 42.0 Å². The second-order valence-corrected chi connectivity index (χ2v) is 7.39. The number of amides is 1. The number of halogens is 1. The van der Waals surface area contributed by atoms with Crippen molar-refractivity contribution >= 4 is 27.5 Å². The molecule has 0 unspecified atom stereocenters. The number of piperazine rings is 1. The molecule has 0 N–H and O–H groups in total. The van der Waals surface area contributed by atoms with Gasteiger partial charge in [-0.1, -0.05) is 12.1 Å². The van der Waals surface area contributed by atoms with Crippen LogP contribution in [0, 0.1) is 0 Å². The monoisotopic (exact) mass is 432 g/mol. The van der Waals surface area contributed by atoms with Crippen LogP contribution in [0.4, 0.5) is 5.69 Å². The van der Waals surface area contributed by atoms with Crippen LogP contribution in [-0.2, 0) is 11.2 Å². The van der Waals surface area contributed by atoms with E-state index in [0.717, 1.165) is 59.8 Å². The number of benzene rings is 2. The minimum Gasteiger partial charge on any atom is -0.497 e. The highest BCUT2D eigenvalue weighted by Gasteiger charge is 2.21. The molecule has 2 aromatic carbocycles. The summed E-state index contributed by atoms with van der Waals surface area (Å²) in [4.78, 5) is 16.8. The zero-order valence-electron chi connectivity index (χ0n) is 15.8. The van der Waals surface area contributed by atoms with Crippen molar-refractivity contribution in [3.8, 4) is 11.5 Å². The summed E-state index contributed by atoms with van der Waals surface area (Å²) in [7, 11) is 3.32. The molecule has 144 valence electrons. The van der Waals surface area contributed by atoms with E-state index in [2.05, 4.69) is 26.9 Å². The van der Waals surface area contributed by atoms with Gasteiger partial charge in [0.25, 0.3) is 0 Å². The number of methoxy groups -OCH3 is 2. The fraction of sp³-hybridized carbons (Fsp3) is 0.381. The lowest BCUT2D eigenvalue weighted by Gasteiger charge is -2.36. The maximum absolute atomic E-state index is 12.6. The summed E-state index contributed by atoms with van der Waals surface area (Å²) < 4.78 is 11.5. The molecule has 1 aliphatic rings. The van der Waals surface area contributed by atoms with Crippen molar-refractivity contribution in [3.63, 3.8) is 0 Å². The molecule has 0 atom stereocenters. The van der Waals surface area contributed by atoms with Gasteiger partial charge in [-0.25, -0.2) is 0 Å². The van der Waals surface area contributed by atoms with Crippen LogP contribution in [0.1, 0.15) is 12.0 Å². The number of nitrogens with zero attached hydrogens (tertiary/aromatic N) is 2. The van der Waals surface area contributed by atoms with Crippen molar-refractivity contribution in [1.82, 2.24) is 4.90 Å². The van der Waals surface area contributed by atoms with Gasteiger partial charge in [-0.2, -0.15) is 0 Å². The molecule has 2 aromatic rings. The molecule has 1 heterocycles. The molecule has 1 fully saturated rings.